The van der Waals surface area contributed by atoms with Gasteiger partial charge in [0.1, 0.15) is 5.69 Å². The van der Waals surface area contributed by atoms with Crippen LogP contribution < -0.4 is 9.46 Å². The first-order chi connectivity index (χ1) is 10.0. The second-order valence-corrected chi connectivity index (χ2v) is 6.23. The Morgan fingerprint density at radius 3 is 2.41 bits per heavy atom. The number of hydrogen-bond donors (Lipinski definition) is 1. The first-order valence-electron chi connectivity index (χ1n) is 5.67. The van der Waals surface area contributed by atoms with E-state index in [1.54, 1.807) is 0 Å². The zero-order chi connectivity index (χ0) is 17.1. The van der Waals surface area contributed by atoms with Gasteiger partial charge < -0.3 is 9.47 Å². The van der Waals surface area contributed by atoms with E-state index in [-0.39, 0.29) is 5.56 Å². The molecule has 1 aromatic carbocycles. The van der Waals surface area contributed by atoms with Crippen LogP contribution in [0.5, 0.6) is 5.75 Å². The molecule has 124 valence electrons. The molecule has 0 unspecified atom stereocenters. The number of nitrogens with one attached hydrogen (secondary N) is 1. The fourth-order valence-electron chi connectivity index (χ4n) is 1.36. The van der Waals surface area contributed by atoms with E-state index in [1.807, 2.05) is 4.72 Å². The van der Waals surface area contributed by atoms with Gasteiger partial charge in [-0.25, -0.2) is 13.2 Å². The molecule has 0 aliphatic heterocycles. The van der Waals surface area contributed by atoms with E-state index in [0.717, 1.165) is 19.2 Å². The van der Waals surface area contributed by atoms with Crippen molar-refractivity contribution in [3.63, 3.8) is 0 Å². The van der Waals surface area contributed by atoms with Crippen LogP contribution in [0, 0.1) is 0 Å². The van der Waals surface area contributed by atoms with Gasteiger partial charge in [-0.2, -0.15) is 0 Å². The molecular formula is C11H11ClF3NO5S. The standard InChI is InChI=1S/C11H11ClF3NO5S/c1-3-22(18,19)16-9-7(21-11(13,14)15)5-4-6(8(9)12)10(17)20-2/h4-5,16H,3H2,1-2H3. The van der Waals surface area contributed by atoms with Gasteiger partial charge in [-0.05, 0) is 19.1 Å². The number of alkyl halides is 3. The average molecular weight is 362 g/mol. The number of methoxy groups -OCH3 is 1. The summed E-state index contributed by atoms with van der Waals surface area (Å²) in [6.45, 7) is 1.27. The van der Waals surface area contributed by atoms with E-state index >= 15 is 0 Å². The molecule has 0 aliphatic rings. The molecule has 0 saturated heterocycles. The number of anilines is 1. The Morgan fingerprint density at radius 2 is 1.95 bits per heavy atom. The summed E-state index contributed by atoms with van der Waals surface area (Å²) in [4.78, 5) is 11.5. The minimum atomic E-state index is -5.07. The zero-order valence-electron chi connectivity index (χ0n) is 11.3. The first kappa shape index (κ1) is 18.4. The molecule has 0 aromatic heterocycles. The number of carbonyl (C=O) groups excluding carboxylic acids is 1. The third-order valence-electron chi connectivity index (χ3n) is 2.37. The van der Waals surface area contributed by atoms with E-state index in [9.17, 15) is 26.4 Å². The molecule has 0 aliphatic carbocycles. The molecule has 0 spiro atoms. The van der Waals surface area contributed by atoms with Gasteiger partial charge in [0.05, 0.1) is 23.4 Å². The highest BCUT2D eigenvalue weighted by molar-refractivity contribution is 7.92. The topological polar surface area (TPSA) is 81.7 Å². The monoisotopic (exact) mass is 361 g/mol. The lowest BCUT2D eigenvalue weighted by molar-refractivity contribution is -0.274. The number of carbonyl (C=O) groups is 1. The highest BCUT2D eigenvalue weighted by Crippen LogP contribution is 2.39. The predicted molar refractivity (Wildman–Crippen MR) is 72.6 cm³/mol. The molecule has 0 amide bonds. The fraction of sp³-hybridized carbons (Fsp3) is 0.364. The zero-order valence-corrected chi connectivity index (χ0v) is 12.9. The molecule has 22 heavy (non-hydrogen) atoms. The highest BCUT2D eigenvalue weighted by atomic mass is 35.5. The summed E-state index contributed by atoms with van der Waals surface area (Å²) in [6, 6.07) is 1.69. The number of halogens is 4. The number of hydrogen-bond acceptors (Lipinski definition) is 5. The van der Waals surface area contributed by atoms with Gasteiger partial charge in [-0.15, -0.1) is 13.2 Å². The first-order valence-corrected chi connectivity index (χ1v) is 7.70. The Labute approximate surface area is 129 Å². The highest BCUT2D eigenvalue weighted by Gasteiger charge is 2.34. The molecule has 6 nitrogen and oxygen atoms in total. The van der Waals surface area contributed by atoms with Crippen molar-refractivity contribution in [3.8, 4) is 5.75 Å². The number of sulfonamides is 1. The summed E-state index contributed by atoms with van der Waals surface area (Å²) in [7, 11) is -2.92. The van der Waals surface area contributed by atoms with Crippen molar-refractivity contribution in [2.45, 2.75) is 13.3 Å². The van der Waals surface area contributed by atoms with Crippen LogP contribution in [0.2, 0.25) is 5.02 Å². The van der Waals surface area contributed by atoms with Gasteiger partial charge >= 0.3 is 12.3 Å². The van der Waals surface area contributed by atoms with Crippen LogP contribution in [0.4, 0.5) is 18.9 Å². The summed E-state index contributed by atoms with van der Waals surface area (Å²) in [5.41, 5.74) is -1.00. The van der Waals surface area contributed by atoms with E-state index in [2.05, 4.69) is 9.47 Å². The molecule has 0 fully saturated rings. The Kier molecular flexibility index (Phi) is 5.52. The maximum absolute atomic E-state index is 12.4. The largest absolute Gasteiger partial charge is 0.573 e. The van der Waals surface area contributed by atoms with E-state index in [0.29, 0.717) is 0 Å². The maximum Gasteiger partial charge on any atom is 0.573 e. The summed E-state index contributed by atoms with van der Waals surface area (Å²) >= 11 is 5.80. The fourth-order valence-corrected chi connectivity index (χ4v) is 2.35. The normalized spacial score (nSPS) is 11.9. The van der Waals surface area contributed by atoms with E-state index in [1.165, 1.54) is 6.92 Å². The van der Waals surface area contributed by atoms with Crippen molar-refractivity contribution in [1.82, 2.24) is 0 Å². The van der Waals surface area contributed by atoms with Crippen molar-refractivity contribution in [1.29, 1.82) is 0 Å². The second kappa shape index (κ2) is 6.61. The number of rotatable bonds is 5. The Balaban J connectivity index is 3.46. The lowest BCUT2D eigenvalue weighted by Gasteiger charge is -2.17. The molecule has 11 heteroatoms. The predicted octanol–water partition coefficient (Wildman–Crippen LogP) is 2.79. The molecule has 1 N–H and O–H groups in total. The molecular weight excluding hydrogens is 351 g/mol. The third-order valence-corrected chi connectivity index (χ3v) is 4.04. The van der Waals surface area contributed by atoms with Crippen LogP contribution in [0.1, 0.15) is 17.3 Å². The molecule has 0 radical (unpaired) electrons. The van der Waals surface area contributed by atoms with Crippen molar-refractivity contribution in [2.75, 3.05) is 17.6 Å². The van der Waals surface area contributed by atoms with Gasteiger partial charge in [0.25, 0.3) is 0 Å². The number of ether oxygens (including phenoxy) is 2. The average Bonchev–Trinajstić information content (AvgIpc) is 2.40. The SMILES string of the molecule is CCS(=O)(=O)Nc1c(OC(F)(F)F)ccc(C(=O)OC)c1Cl. The minimum Gasteiger partial charge on any atom is -0.465 e. The third kappa shape index (κ3) is 4.67. The van der Waals surface area contributed by atoms with Crippen molar-refractivity contribution in [2.24, 2.45) is 0 Å². The second-order valence-electron chi connectivity index (χ2n) is 3.85. The van der Waals surface area contributed by atoms with Gasteiger partial charge in [0, 0.05) is 0 Å². The van der Waals surface area contributed by atoms with Crippen molar-refractivity contribution < 1.29 is 35.9 Å². The molecule has 0 saturated carbocycles. The van der Waals surface area contributed by atoms with E-state index < -0.39 is 44.6 Å². The van der Waals surface area contributed by atoms with Gasteiger partial charge in [-0.3, -0.25) is 4.72 Å². The van der Waals surface area contributed by atoms with Gasteiger partial charge in [0.15, 0.2) is 5.75 Å². The molecule has 1 rings (SSSR count). The van der Waals surface area contributed by atoms with Gasteiger partial charge in [0.2, 0.25) is 10.0 Å². The molecule has 1 aromatic rings. The van der Waals surface area contributed by atoms with Crippen molar-refractivity contribution >= 4 is 33.3 Å². The summed E-state index contributed by atoms with van der Waals surface area (Å²) in [5.74, 6) is -2.25. The minimum absolute atomic E-state index is 0.313. The lowest BCUT2D eigenvalue weighted by atomic mass is 10.2. The van der Waals surface area contributed by atoms with Crippen LogP contribution in [0.15, 0.2) is 12.1 Å². The lowest BCUT2D eigenvalue weighted by Crippen LogP contribution is -2.21. The Morgan fingerprint density at radius 1 is 1.36 bits per heavy atom. The quantitative estimate of drug-likeness (QED) is 0.815. The summed E-state index contributed by atoms with van der Waals surface area (Å²) < 4.78 is 70.2. The smallest absolute Gasteiger partial charge is 0.465 e. The van der Waals surface area contributed by atoms with Crippen LogP contribution in [-0.4, -0.2) is 33.6 Å². The Bertz CT molecular complexity index is 675. The molecule has 0 heterocycles. The van der Waals surface area contributed by atoms with E-state index in [4.69, 9.17) is 11.6 Å². The number of esters is 1. The van der Waals surface area contributed by atoms with Crippen LogP contribution in [0.25, 0.3) is 0 Å². The van der Waals surface area contributed by atoms with Crippen LogP contribution in [-0.2, 0) is 14.8 Å². The summed E-state index contributed by atoms with van der Waals surface area (Å²) in [6.07, 6.45) is -5.07. The molecule has 0 atom stereocenters. The Hall–Kier alpha value is -1.68. The van der Waals surface area contributed by atoms with Crippen LogP contribution in [0.3, 0.4) is 0 Å². The number of benzene rings is 1. The van der Waals surface area contributed by atoms with Crippen LogP contribution >= 0.6 is 11.6 Å². The summed E-state index contributed by atoms with van der Waals surface area (Å²) in [5, 5.41) is -0.564. The van der Waals surface area contributed by atoms with Crippen molar-refractivity contribution in [3.05, 3.63) is 22.7 Å². The maximum atomic E-state index is 12.4. The molecule has 0 bridgehead atoms. The van der Waals surface area contributed by atoms with Gasteiger partial charge in [-0.1, -0.05) is 11.6 Å².